The van der Waals surface area contributed by atoms with Crippen molar-refractivity contribution in [1.82, 2.24) is 9.88 Å². The molecule has 222 valence electrons. The van der Waals surface area contributed by atoms with Crippen LogP contribution in [0.5, 0.6) is 11.5 Å². The number of halogens is 4. The number of anilines is 1. The van der Waals surface area contributed by atoms with Crippen molar-refractivity contribution in [3.8, 4) is 11.5 Å². The molecule has 1 saturated heterocycles. The lowest BCUT2D eigenvalue weighted by Gasteiger charge is -2.41. The number of rotatable bonds is 12. The number of fused-ring (bicyclic) bond motifs is 1. The van der Waals surface area contributed by atoms with Crippen LogP contribution < -0.4 is 14.4 Å². The molecule has 1 aliphatic heterocycles. The molecule has 2 heterocycles. The first-order chi connectivity index (χ1) is 19.5. The summed E-state index contributed by atoms with van der Waals surface area (Å²) >= 11 is 0. The average molecular weight is 578 g/mol. The van der Waals surface area contributed by atoms with E-state index in [1.165, 1.54) is 0 Å². The van der Waals surface area contributed by atoms with Gasteiger partial charge in [-0.1, -0.05) is 0 Å². The maximum Gasteiger partial charge on any atom is 0.303 e. The van der Waals surface area contributed by atoms with Crippen molar-refractivity contribution in [2.24, 2.45) is 5.41 Å². The van der Waals surface area contributed by atoms with Gasteiger partial charge in [-0.3, -0.25) is 14.7 Å². The summed E-state index contributed by atoms with van der Waals surface area (Å²) in [6, 6.07) is 6.93. The van der Waals surface area contributed by atoms with Crippen LogP contribution in [0.1, 0.15) is 43.8 Å². The van der Waals surface area contributed by atoms with E-state index in [9.17, 15) is 23.1 Å². The van der Waals surface area contributed by atoms with Gasteiger partial charge < -0.3 is 19.5 Å². The molecule has 1 N–H and O–H groups in total. The molecule has 0 radical (unpaired) electrons. The maximum absolute atomic E-state index is 16.1. The Hall–Kier alpha value is -3.60. The van der Waals surface area contributed by atoms with E-state index in [1.54, 1.807) is 31.5 Å². The molecule has 3 aromatic rings. The van der Waals surface area contributed by atoms with Crippen LogP contribution in [-0.4, -0.2) is 68.4 Å². The largest absolute Gasteiger partial charge is 0.497 e. The maximum atomic E-state index is 16.1. The van der Waals surface area contributed by atoms with E-state index in [4.69, 9.17) is 9.47 Å². The molecule has 4 rings (SSSR count). The van der Waals surface area contributed by atoms with E-state index in [-0.39, 0.29) is 25.2 Å². The fourth-order valence-corrected chi connectivity index (χ4v) is 5.57. The highest BCUT2D eigenvalue weighted by Gasteiger charge is 2.37. The van der Waals surface area contributed by atoms with E-state index in [0.717, 1.165) is 12.1 Å². The van der Waals surface area contributed by atoms with Crippen molar-refractivity contribution in [3.63, 3.8) is 0 Å². The van der Waals surface area contributed by atoms with Crippen molar-refractivity contribution >= 4 is 22.6 Å². The van der Waals surface area contributed by atoms with Crippen molar-refractivity contribution in [2.45, 2.75) is 38.3 Å². The molecule has 0 bridgehead atoms. The number of benzene rings is 2. The van der Waals surface area contributed by atoms with Gasteiger partial charge in [0, 0.05) is 43.7 Å². The minimum absolute atomic E-state index is 0.0658. The normalized spacial score (nSPS) is 16.0. The lowest BCUT2D eigenvalue weighted by Crippen LogP contribution is -2.42. The Morgan fingerprint density at radius 1 is 1.12 bits per heavy atom. The first-order valence-electron chi connectivity index (χ1n) is 13.5. The second-order valence-electron chi connectivity index (χ2n) is 10.8. The van der Waals surface area contributed by atoms with Crippen molar-refractivity contribution in [1.29, 1.82) is 0 Å². The minimum Gasteiger partial charge on any atom is -0.497 e. The number of carboxylic acid groups (broad SMARTS) is 1. The summed E-state index contributed by atoms with van der Waals surface area (Å²) in [6.45, 7) is 1.69. The number of hydrogen-bond donors (Lipinski definition) is 1. The van der Waals surface area contributed by atoms with Crippen molar-refractivity contribution in [2.75, 3.05) is 52.3 Å². The van der Waals surface area contributed by atoms with Gasteiger partial charge in [0.2, 0.25) is 0 Å². The lowest BCUT2D eigenvalue weighted by molar-refractivity contribution is -0.141. The van der Waals surface area contributed by atoms with Gasteiger partial charge in [-0.25, -0.2) is 17.6 Å². The molecular weight excluding hydrogens is 542 g/mol. The summed E-state index contributed by atoms with van der Waals surface area (Å²) in [5.41, 5.74) is 1.24. The number of alkyl halides is 1. The number of aromatic nitrogens is 1. The Balaban J connectivity index is 1.42. The van der Waals surface area contributed by atoms with Gasteiger partial charge in [-0.15, -0.1) is 0 Å². The van der Waals surface area contributed by atoms with E-state index >= 15 is 4.39 Å². The molecule has 0 unspecified atom stereocenters. The summed E-state index contributed by atoms with van der Waals surface area (Å²) in [5.74, 6) is -4.62. The first kappa shape index (κ1) is 30.4. The smallest absolute Gasteiger partial charge is 0.303 e. The van der Waals surface area contributed by atoms with Gasteiger partial charge in [0.15, 0.2) is 17.5 Å². The van der Waals surface area contributed by atoms with Crippen LogP contribution in [0, 0.1) is 22.9 Å². The van der Waals surface area contributed by atoms with Gasteiger partial charge >= 0.3 is 5.97 Å². The molecule has 11 heteroatoms. The zero-order valence-electron chi connectivity index (χ0n) is 23.4. The first-order valence-corrected chi connectivity index (χ1v) is 13.5. The standard InChI is InChI=1S/C30H35F4N3O4/c1-36(2)26-18-35-25-5-4-19(40-3)14-21(25)28(26)22(31)6-7-30(17-27(38)39)8-10-37(11-9-30)12-13-41-20-15-23(32)29(34)24(33)16-20/h4-5,14-16,18,22H,6-13,17H2,1-3H3,(H,38,39)/t22-/m1/s1. The molecule has 0 amide bonds. The zero-order valence-corrected chi connectivity index (χ0v) is 23.4. The van der Waals surface area contributed by atoms with Crippen molar-refractivity contribution < 1.29 is 36.9 Å². The van der Waals surface area contributed by atoms with Gasteiger partial charge in [0.25, 0.3) is 0 Å². The number of piperidine rings is 1. The molecule has 1 aromatic heterocycles. The second-order valence-corrected chi connectivity index (χ2v) is 10.8. The third kappa shape index (κ3) is 7.19. The fourth-order valence-electron chi connectivity index (χ4n) is 5.57. The second kappa shape index (κ2) is 12.9. The molecule has 1 aliphatic rings. The fraction of sp³-hybridized carbons (Fsp3) is 0.467. The van der Waals surface area contributed by atoms with E-state index in [2.05, 4.69) is 9.88 Å². The molecule has 0 saturated carbocycles. The Labute approximate surface area is 236 Å². The molecule has 0 spiro atoms. The highest BCUT2D eigenvalue weighted by atomic mass is 19.2. The molecular formula is C30H35F4N3O4. The summed E-state index contributed by atoms with van der Waals surface area (Å²) in [6.07, 6.45) is 1.88. The summed E-state index contributed by atoms with van der Waals surface area (Å²) in [4.78, 5) is 20.2. The van der Waals surface area contributed by atoms with Crippen LogP contribution in [0.2, 0.25) is 0 Å². The van der Waals surface area contributed by atoms with Crippen LogP contribution in [0.4, 0.5) is 23.2 Å². The van der Waals surface area contributed by atoms with Gasteiger partial charge in [-0.05, 0) is 62.4 Å². The summed E-state index contributed by atoms with van der Waals surface area (Å²) in [5, 5.41) is 10.3. The monoisotopic (exact) mass is 577 g/mol. The number of nitrogens with zero attached hydrogens (tertiary/aromatic N) is 3. The third-order valence-electron chi connectivity index (χ3n) is 7.90. The number of aliphatic carboxylic acids is 1. The topological polar surface area (TPSA) is 75.1 Å². The Morgan fingerprint density at radius 2 is 1.80 bits per heavy atom. The molecule has 1 fully saturated rings. The molecule has 2 aromatic carbocycles. The number of ether oxygens (including phenoxy) is 2. The predicted octanol–water partition coefficient (Wildman–Crippen LogP) is 6.15. The summed E-state index contributed by atoms with van der Waals surface area (Å²) in [7, 11) is 5.20. The quantitative estimate of drug-likeness (QED) is 0.204. The highest BCUT2D eigenvalue weighted by molar-refractivity contribution is 5.88. The number of carboxylic acids is 1. The third-order valence-corrected chi connectivity index (χ3v) is 7.90. The van der Waals surface area contributed by atoms with Crippen molar-refractivity contribution in [3.05, 3.63) is 59.5 Å². The Kier molecular flexibility index (Phi) is 9.57. The Morgan fingerprint density at radius 3 is 2.41 bits per heavy atom. The van der Waals surface area contributed by atoms with E-state index in [0.29, 0.717) is 66.8 Å². The number of carbonyl (C=O) groups is 1. The number of hydrogen-bond acceptors (Lipinski definition) is 6. The SMILES string of the molecule is COc1ccc2ncc(N(C)C)c([C@H](F)CCC3(CC(=O)O)CCN(CCOc4cc(F)c(F)c(F)c4)CC3)c2c1. The number of pyridine rings is 1. The average Bonchev–Trinajstić information content (AvgIpc) is 2.94. The zero-order chi connectivity index (χ0) is 29.7. The van der Waals surface area contributed by atoms with Gasteiger partial charge in [0.1, 0.15) is 24.3 Å². The number of likely N-dealkylation sites (tertiary alicyclic amines) is 1. The van der Waals surface area contributed by atoms with Crippen LogP contribution in [0.25, 0.3) is 10.9 Å². The molecule has 41 heavy (non-hydrogen) atoms. The predicted molar refractivity (Wildman–Crippen MR) is 148 cm³/mol. The minimum atomic E-state index is -1.55. The van der Waals surface area contributed by atoms with Crippen LogP contribution in [0.15, 0.2) is 36.5 Å². The highest BCUT2D eigenvalue weighted by Crippen LogP contribution is 2.44. The molecule has 0 aliphatic carbocycles. The van der Waals surface area contributed by atoms with Crippen LogP contribution in [-0.2, 0) is 4.79 Å². The van der Waals surface area contributed by atoms with Crippen LogP contribution in [0.3, 0.4) is 0 Å². The van der Waals surface area contributed by atoms with Gasteiger partial charge in [-0.2, -0.15) is 0 Å². The Bertz CT molecular complexity index is 1360. The summed E-state index contributed by atoms with van der Waals surface area (Å²) < 4.78 is 66.9. The molecule has 1 atom stereocenters. The van der Waals surface area contributed by atoms with E-state index < -0.39 is 35.0 Å². The lowest BCUT2D eigenvalue weighted by atomic mass is 9.71. The van der Waals surface area contributed by atoms with Crippen LogP contribution >= 0.6 is 0 Å². The van der Waals surface area contributed by atoms with Gasteiger partial charge in [0.05, 0.1) is 30.9 Å². The molecule has 7 nitrogen and oxygen atoms in total. The van der Waals surface area contributed by atoms with E-state index in [1.807, 2.05) is 19.0 Å². The number of methoxy groups -OCH3 is 1.